The van der Waals surface area contributed by atoms with Gasteiger partial charge in [-0.3, -0.25) is 0 Å². The number of halogens is 1. The topological polar surface area (TPSA) is 35.2 Å². The van der Waals surface area contributed by atoms with Crippen LogP contribution in [-0.2, 0) is 0 Å². The van der Waals surface area contributed by atoms with Crippen LogP contribution in [0, 0.1) is 11.7 Å². The fourth-order valence-corrected chi connectivity index (χ4v) is 3.02. The molecule has 2 N–H and O–H groups in total. The second kappa shape index (κ2) is 6.90. The van der Waals surface area contributed by atoms with E-state index in [2.05, 4.69) is 0 Å². The zero-order valence-corrected chi connectivity index (χ0v) is 11.7. The van der Waals surface area contributed by atoms with Gasteiger partial charge in [0, 0.05) is 11.6 Å². The fraction of sp³-hybridized carbons (Fsp3) is 0.625. The van der Waals surface area contributed by atoms with Gasteiger partial charge in [0.25, 0.3) is 0 Å². The summed E-state index contributed by atoms with van der Waals surface area (Å²) in [6.45, 7) is 0. The van der Waals surface area contributed by atoms with Crippen molar-refractivity contribution in [2.45, 2.75) is 51.0 Å². The van der Waals surface area contributed by atoms with E-state index in [1.807, 2.05) is 0 Å². The van der Waals surface area contributed by atoms with Crippen molar-refractivity contribution < 1.29 is 9.13 Å². The predicted octanol–water partition coefficient (Wildman–Crippen LogP) is 4.19. The third kappa shape index (κ3) is 3.69. The van der Waals surface area contributed by atoms with Gasteiger partial charge >= 0.3 is 0 Å². The number of ether oxygens (including phenoxy) is 1. The summed E-state index contributed by atoms with van der Waals surface area (Å²) in [5, 5.41) is 0. The summed E-state index contributed by atoms with van der Waals surface area (Å²) < 4.78 is 19.1. The minimum atomic E-state index is -0.304. The van der Waals surface area contributed by atoms with E-state index in [9.17, 15) is 4.39 Å². The third-order valence-electron chi connectivity index (χ3n) is 4.22. The molecule has 0 radical (unpaired) electrons. The first kappa shape index (κ1) is 14.3. The summed E-state index contributed by atoms with van der Waals surface area (Å²) in [6, 6.07) is 4.98. The zero-order chi connectivity index (χ0) is 13.7. The smallest absolute Gasteiger partial charge is 0.169 e. The first-order valence-electron chi connectivity index (χ1n) is 7.30. The Labute approximate surface area is 115 Å². The molecule has 0 saturated heterocycles. The van der Waals surface area contributed by atoms with Crippen molar-refractivity contribution in [3.8, 4) is 5.75 Å². The molecule has 0 spiro atoms. The molecule has 0 aliphatic heterocycles. The normalized spacial score (nSPS) is 18.3. The van der Waals surface area contributed by atoms with E-state index in [0.717, 1.165) is 18.8 Å². The summed E-state index contributed by atoms with van der Waals surface area (Å²) in [5.41, 5.74) is 6.72. The maximum atomic E-state index is 14.1. The lowest BCUT2D eigenvalue weighted by atomic mass is 9.84. The Hall–Kier alpha value is -1.09. The second-order valence-corrected chi connectivity index (χ2v) is 5.55. The third-order valence-corrected chi connectivity index (χ3v) is 4.22. The van der Waals surface area contributed by atoms with Gasteiger partial charge in [0.05, 0.1) is 7.11 Å². The van der Waals surface area contributed by atoms with Gasteiger partial charge < -0.3 is 10.5 Å². The van der Waals surface area contributed by atoms with Gasteiger partial charge in [-0.1, -0.05) is 44.2 Å². The average molecular weight is 265 g/mol. The Morgan fingerprint density at radius 1 is 1.32 bits per heavy atom. The van der Waals surface area contributed by atoms with E-state index in [-0.39, 0.29) is 17.6 Å². The summed E-state index contributed by atoms with van der Waals surface area (Å²) in [4.78, 5) is 0. The van der Waals surface area contributed by atoms with Crippen LogP contribution >= 0.6 is 0 Å². The van der Waals surface area contributed by atoms with Crippen LogP contribution in [0.15, 0.2) is 18.2 Å². The molecule has 0 heterocycles. The lowest BCUT2D eigenvalue weighted by Gasteiger charge is -2.23. The Balaban J connectivity index is 1.93. The number of hydrogen-bond donors (Lipinski definition) is 1. The van der Waals surface area contributed by atoms with Crippen LogP contribution in [-0.4, -0.2) is 7.11 Å². The molecule has 0 aromatic heterocycles. The number of rotatable bonds is 5. The highest BCUT2D eigenvalue weighted by molar-refractivity contribution is 5.32. The molecule has 1 unspecified atom stereocenters. The number of benzene rings is 1. The van der Waals surface area contributed by atoms with E-state index >= 15 is 0 Å². The number of hydrogen-bond acceptors (Lipinski definition) is 2. The van der Waals surface area contributed by atoms with E-state index in [0.29, 0.717) is 5.56 Å². The SMILES string of the molecule is COc1cccc(C(N)CCC2CCCCC2)c1F. The van der Waals surface area contributed by atoms with Crippen molar-refractivity contribution in [2.75, 3.05) is 7.11 Å². The molecular weight excluding hydrogens is 241 g/mol. The van der Waals surface area contributed by atoms with Gasteiger partial charge in [0.15, 0.2) is 11.6 Å². The molecule has 19 heavy (non-hydrogen) atoms. The van der Waals surface area contributed by atoms with Gasteiger partial charge in [0.2, 0.25) is 0 Å². The maximum Gasteiger partial charge on any atom is 0.169 e. The van der Waals surface area contributed by atoms with Gasteiger partial charge in [-0.25, -0.2) is 4.39 Å². The lowest BCUT2D eigenvalue weighted by Crippen LogP contribution is -2.15. The van der Waals surface area contributed by atoms with Crippen molar-refractivity contribution >= 4 is 0 Å². The van der Waals surface area contributed by atoms with Crippen molar-refractivity contribution in [3.05, 3.63) is 29.6 Å². The number of methoxy groups -OCH3 is 1. The van der Waals surface area contributed by atoms with Gasteiger partial charge in [-0.15, -0.1) is 0 Å². The highest BCUT2D eigenvalue weighted by Gasteiger charge is 2.18. The van der Waals surface area contributed by atoms with Crippen LogP contribution in [0.5, 0.6) is 5.75 Å². The van der Waals surface area contributed by atoms with Crippen LogP contribution in [0.1, 0.15) is 56.6 Å². The Morgan fingerprint density at radius 3 is 2.74 bits per heavy atom. The summed E-state index contributed by atoms with van der Waals surface area (Å²) >= 11 is 0. The quantitative estimate of drug-likeness (QED) is 0.866. The van der Waals surface area contributed by atoms with Crippen molar-refractivity contribution in [1.82, 2.24) is 0 Å². The van der Waals surface area contributed by atoms with Crippen LogP contribution < -0.4 is 10.5 Å². The standard InChI is InChI=1S/C16H24FNO/c1-19-15-9-5-8-13(16(15)17)14(18)11-10-12-6-3-2-4-7-12/h5,8-9,12,14H,2-4,6-7,10-11,18H2,1H3. The van der Waals surface area contributed by atoms with E-state index in [1.165, 1.54) is 39.2 Å². The summed E-state index contributed by atoms with van der Waals surface area (Å²) in [6.07, 6.45) is 8.64. The molecule has 2 rings (SSSR count). The van der Waals surface area contributed by atoms with Crippen molar-refractivity contribution in [3.63, 3.8) is 0 Å². The van der Waals surface area contributed by atoms with E-state index in [1.54, 1.807) is 18.2 Å². The molecule has 1 aromatic rings. The van der Waals surface area contributed by atoms with Crippen LogP contribution in [0.3, 0.4) is 0 Å². The van der Waals surface area contributed by atoms with Gasteiger partial charge in [-0.05, 0) is 24.8 Å². The Morgan fingerprint density at radius 2 is 2.05 bits per heavy atom. The Bertz CT molecular complexity index is 402. The van der Waals surface area contributed by atoms with Crippen molar-refractivity contribution in [2.24, 2.45) is 11.7 Å². The molecule has 0 amide bonds. The highest BCUT2D eigenvalue weighted by Crippen LogP contribution is 2.31. The molecule has 106 valence electrons. The monoisotopic (exact) mass is 265 g/mol. The molecule has 1 aromatic carbocycles. The number of nitrogens with two attached hydrogens (primary N) is 1. The lowest BCUT2D eigenvalue weighted by molar-refractivity contribution is 0.322. The molecule has 2 nitrogen and oxygen atoms in total. The zero-order valence-electron chi connectivity index (χ0n) is 11.7. The van der Waals surface area contributed by atoms with Crippen LogP contribution in [0.2, 0.25) is 0 Å². The summed E-state index contributed by atoms with van der Waals surface area (Å²) in [7, 11) is 1.48. The molecule has 0 bridgehead atoms. The second-order valence-electron chi connectivity index (χ2n) is 5.55. The molecule has 3 heteroatoms. The molecular formula is C16H24FNO. The minimum absolute atomic E-state index is 0.225. The molecule has 1 aliphatic rings. The van der Waals surface area contributed by atoms with E-state index < -0.39 is 0 Å². The van der Waals surface area contributed by atoms with Crippen LogP contribution in [0.25, 0.3) is 0 Å². The molecule has 1 fully saturated rings. The van der Waals surface area contributed by atoms with Crippen molar-refractivity contribution in [1.29, 1.82) is 0 Å². The Kier molecular flexibility index (Phi) is 5.20. The van der Waals surface area contributed by atoms with Gasteiger partial charge in [-0.2, -0.15) is 0 Å². The first-order chi connectivity index (χ1) is 9.22. The fourth-order valence-electron chi connectivity index (χ4n) is 3.02. The molecule has 1 aliphatic carbocycles. The molecule has 1 saturated carbocycles. The largest absolute Gasteiger partial charge is 0.494 e. The van der Waals surface area contributed by atoms with Gasteiger partial charge in [0.1, 0.15) is 0 Å². The van der Waals surface area contributed by atoms with Crippen LogP contribution in [0.4, 0.5) is 4.39 Å². The molecule has 1 atom stereocenters. The average Bonchev–Trinajstić information content (AvgIpc) is 2.46. The van der Waals surface area contributed by atoms with E-state index in [4.69, 9.17) is 10.5 Å². The maximum absolute atomic E-state index is 14.1. The highest BCUT2D eigenvalue weighted by atomic mass is 19.1. The minimum Gasteiger partial charge on any atom is -0.494 e. The summed E-state index contributed by atoms with van der Waals surface area (Å²) in [5.74, 6) is 0.764. The predicted molar refractivity (Wildman–Crippen MR) is 75.7 cm³/mol. The first-order valence-corrected chi connectivity index (χ1v) is 7.30.